The summed E-state index contributed by atoms with van der Waals surface area (Å²) >= 11 is 0. The second-order valence-corrected chi connectivity index (χ2v) is 5.07. The van der Waals surface area contributed by atoms with Crippen LogP contribution in [0.3, 0.4) is 0 Å². The van der Waals surface area contributed by atoms with Crippen molar-refractivity contribution in [2.24, 2.45) is 0 Å². The third-order valence-corrected chi connectivity index (χ3v) is 3.32. The van der Waals surface area contributed by atoms with E-state index in [0.29, 0.717) is 6.54 Å². The Bertz CT molecular complexity index is 696. The van der Waals surface area contributed by atoms with Crippen LogP contribution in [0.5, 0.6) is 0 Å². The van der Waals surface area contributed by atoms with Crippen molar-refractivity contribution in [3.8, 4) is 0 Å². The van der Waals surface area contributed by atoms with E-state index in [1.165, 1.54) is 18.2 Å². The highest BCUT2D eigenvalue weighted by molar-refractivity contribution is 6.00. The van der Waals surface area contributed by atoms with E-state index in [4.69, 9.17) is 0 Å². The minimum atomic E-state index is -4.63. The fraction of sp³-hybridized carbons (Fsp3) is 0.375. The fourth-order valence-corrected chi connectivity index (χ4v) is 2.28. The van der Waals surface area contributed by atoms with Gasteiger partial charge in [0.25, 0.3) is 5.91 Å². The van der Waals surface area contributed by atoms with Gasteiger partial charge in [-0.15, -0.1) is 24.8 Å². The zero-order chi connectivity index (χ0) is 16.9. The number of para-hydroxylation sites is 1. The number of aromatic nitrogens is 1. The molecular weight excluding hydrogens is 378 g/mol. The number of carbonyl (C=O) groups is 1. The van der Waals surface area contributed by atoms with Gasteiger partial charge in [-0.05, 0) is 19.0 Å². The van der Waals surface area contributed by atoms with Crippen LogP contribution in [0.4, 0.5) is 13.2 Å². The first kappa shape index (κ1) is 23.4. The van der Waals surface area contributed by atoms with Crippen LogP contribution in [-0.4, -0.2) is 30.5 Å². The van der Waals surface area contributed by atoms with E-state index in [-0.39, 0.29) is 42.3 Å². The minimum absolute atomic E-state index is 0. The molecule has 9 heteroatoms. The predicted octanol–water partition coefficient (Wildman–Crippen LogP) is 3.83. The van der Waals surface area contributed by atoms with Crippen molar-refractivity contribution in [3.05, 3.63) is 41.6 Å². The number of alkyl halides is 3. The van der Waals surface area contributed by atoms with Crippen molar-refractivity contribution in [2.75, 3.05) is 19.6 Å². The first-order valence-corrected chi connectivity index (χ1v) is 7.39. The molecule has 0 aliphatic rings. The molecule has 0 radical (unpaired) electrons. The quantitative estimate of drug-likeness (QED) is 0.728. The number of pyridine rings is 1. The van der Waals surface area contributed by atoms with Gasteiger partial charge in [0, 0.05) is 24.7 Å². The standard InChI is InChI=1S/C16H18F3N3O.2ClH/c1-2-7-20-8-9-21-15(23)12-10-22-13-6-4-3-5-11(13)14(12)16(17,18)19;;/h3-6,10,20H,2,7-9H2,1H3,(H,21,23);2*1H. The van der Waals surface area contributed by atoms with Gasteiger partial charge < -0.3 is 10.6 Å². The molecule has 1 amide bonds. The smallest absolute Gasteiger partial charge is 0.351 e. The first-order chi connectivity index (χ1) is 10.9. The highest BCUT2D eigenvalue weighted by atomic mass is 35.5. The number of amides is 1. The minimum Gasteiger partial charge on any atom is -0.351 e. The number of rotatable bonds is 6. The predicted molar refractivity (Wildman–Crippen MR) is 96.7 cm³/mol. The number of hydrogen-bond acceptors (Lipinski definition) is 3. The van der Waals surface area contributed by atoms with E-state index < -0.39 is 23.2 Å². The van der Waals surface area contributed by atoms with E-state index in [2.05, 4.69) is 15.6 Å². The zero-order valence-electron chi connectivity index (χ0n) is 13.5. The highest BCUT2D eigenvalue weighted by Crippen LogP contribution is 2.36. The molecule has 0 unspecified atom stereocenters. The Hall–Kier alpha value is -1.57. The Balaban J connectivity index is 0.00000288. The Morgan fingerprint density at radius 3 is 2.44 bits per heavy atom. The summed E-state index contributed by atoms with van der Waals surface area (Å²) < 4.78 is 40.2. The molecule has 0 aliphatic carbocycles. The molecule has 0 aliphatic heterocycles. The second kappa shape index (κ2) is 10.4. The molecule has 0 bridgehead atoms. The molecule has 4 nitrogen and oxygen atoms in total. The molecule has 0 saturated heterocycles. The number of halogens is 5. The van der Waals surface area contributed by atoms with Gasteiger partial charge in [0.05, 0.1) is 16.6 Å². The summed E-state index contributed by atoms with van der Waals surface area (Å²) in [5.74, 6) is -0.770. The molecule has 0 fully saturated rings. The molecule has 2 aromatic rings. The average molecular weight is 398 g/mol. The molecule has 0 saturated carbocycles. The van der Waals surface area contributed by atoms with E-state index in [9.17, 15) is 18.0 Å². The van der Waals surface area contributed by atoms with Crippen LogP contribution in [0.25, 0.3) is 10.9 Å². The number of benzene rings is 1. The van der Waals surface area contributed by atoms with Crippen LogP contribution in [-0.2, 0) is 6.18 Å². The second-order valence-electron chi connectivity index (χ2n) is 5.07. The molecular formula is C16H20Cl2F3N3O. The molecule has 140 valence electrons. The van der Waals surface area contributed by atoms with Gasteiger partial charge in [0.15, 0.2) is 0 Å². The maximum atomic E-state index is 13.4. The highest BCUT2D eigenvalue weighted by Gasteiger charge is 2.37. The number of nitrogens with zero attached hydrogens (tertiary/aromatic N) is 1. The summed E-state index contributed by atoms with van der Waals surface area (Å²) in [6.07, 6.45) is -2.70. The van der Waals surface area contributed by atoms with Crippen LogP contribution in [0.15, 0.2) is 30.5 Å². The monoisotopic (exact) mass is 397 g/mol. The van der Waals surface area contributed by atoms with E-state index in [1.54, 1.807) is 6.07 Å². The van der Waals surface area contributed by atoms with Gasteiger partial charge in [-0.3, -0.25) is 9.78 Å². The van der Waals surface area contributed by atoms with E-state index >= 15 is 0 Å². The lowest BCUT2D eigenvalue weighted by molar-refractivity contribution is -0.136. The van der Waals surface area contributed by atoms with Crippen molar-refractivity contribution in [2.45, 2.75) is 19.5 Å². The van der Waals surface area contributed by atoms with Crippen LogP contribution >= 0.6 is 24.8 Å². The molecule has 1 aromatic carbocycles. The maximum absolute atomic E-state index is 13.4. The summed E-state index contributed by atoms with van der Waals surface area (Å²) in [7, 11) is 0. The molecule has 0 atom stereocenters. The van der Waals surface area contributed by atoms with Crippen LogP contribution in [0.2, 0.25) is 0 Å². The Morgan fingerprint density at radius 2 is 1.80 bits per heavy atom. The van der Waals surface area contributed by atoms with E-state index in [0.717, 1.165) is 19.2 Å². The van der Waals surface area contributed by atoms with Gasteiger partial charge in [-0.2, -0.15) is 13.2 Å². The van der Waals surface area contributed by atoms with Crippen molar-refractivity contribution < 1.29 is 18.0 Å². The summed E-state index contributed by atoms with van der Waals surface area (Å²) in [6.45, 7) is 3.55. The number of nitrogens with one attached hydrogen (secondary N) is 2. The normalized spacial score (nSPS) is 10.7. The maximum Gasteiger partial charge on any atom is 0.417 e. The van der Waals surface area contributed by atoms with Crippen molar-refractivity contribution in [1.82, 2.24) is 15.6 Å². The van der Waals surface area contributed by atoms with Gasteiger partial charge in [-0.1, -0.05) is 25.1 Å². The lowest BCUT2D eigenvalue weighted by Gasteiger charge is -2.15. The van der Waals surface area contributed by atoms with Crippen LogP contribution < -0.4 is 10.6 Å². The molecule has 25 heavy (non-hydrogen) atoms. The Kier molecular flexibility index (Phi) is 9.77. The molecule has 2 N–H and O–H groups in total. The zero-order valence-corrected chi connectivity index (χ0v) is 15.2. The van der Waals surface area contributed by atoms with Gasteiger partial charge in [0.2, 0.25) is 0 Å². The third kappa shape index (κ3) is 6.02. The summed E-state index contributed by atoms with van der Waals surface area (Å²) in [5.41, 5.74) is -1.19. The van der Waals surface area contributed by atoms with Gasteiger partial charge >= 0.3 is 6.18 Å². The lowest BCUT2D eigenvalue weighted by atomic mass is 10.0. The molecule has 1 aromatic heterocycles. The van der Waals surface area contributed by atoms with Crippen molar-refractivity contribution in [3.63, 3.8) is 0 Å². The Labute approximate surface area is 156 Å². The van der Waals surface area contributed by atoms with Crippen molar-refractivity contribution in [1.29, 1.82) is 0 Å². The summed E-state index contributed by atoms with van der Waals surface area (Å²) in [5, 5.41) is 5.48. The summed E-state index contributed by atoms with van der Waals surface area (Å²) in [6, 6.07) is 5.91. The van der Waals surface area contributed by atoms with E-state index in [1.807, 2.05) is 6.92 Å². The largest absolute Gasteiger partial charge is 0.417 e. The molecule has 2 rings (SSSR count). The van der Waals surface area contributed by atoms with Crippen LogP contribution in [0.1, 0.15) is 29.3 Å². The first-order valence-electron chi connectivity index (χ1n) is 7.39. The number of hydrogen-bond donors (Lipinski definition) is 2. The Morgan fingerprint density at radius 1 is 1.12 bits per heavy atom. The van der Waals surface area contributed by atoms with Crippen molar-refractivity contribution >= 4 is 41.6 Å². The number of fused-ring (bicyclic) bond motifs is 1. The molecule has 1 heterocycles. The van der Waals surface area contributed by atoms with Crippen LogP contribution in [0, 0.1) is 0 Å². The summed E-state index contributed by atoms with van der Waals surface area (Å²) in [4.78, 5) is 16.1. The SMILES string of the molecule is CCCNCCNC(=O)c1cnc2ccccc2c1C(F)(F)F.Cl.Cl. The molecule has 0 spiro atoms. The topological polar surface area (TPSA) is 54.0 Å². The number of carbonyl (C=O) groups excluding carboxylic acids is 1. The fourth-order valence-electron chi connectivity index (χ4n) is 2.28. The average Bonchev–Trinajstić information content (AvgIpc) is 2.52. The lowest BCUT2D eigenvalue weighted by Crippen LogP contribution is -2.33. The van der Waals surface area contributed by atoms with Gasteiger partial charge in [-0.25, -0.2) is 0 Å². The van der Waals surface area contributed by atoms with Gasteiger partial charge in [0.1, 0.15) is 0 Å². The third-order valence-electron chi connectivity index (χ3n) is 3.32.